The summed E-state index contributed by atoms with van der Waals surface area (Å²) in [4.78, 5) is 24.7. The third kappa shape index (κ3) is 3.59. The standard InChI is InChI=1S/C17H20N4O2/c1-13-8-16(19-12-18-13)20-6-7-21(17(22)11-20)10-14-4-3-5-15(9-14)23-2/h3-5,8-9,12H,6-7,10-11H2,1-2H3. The van der Waals surface area contributed by atoms with Crippen LogP contribution in [0.4, 0.5) is 5.82 Å². The highest BCUT2D eigenvalue weighted by Crippen LogP contribution is 2.18. The number of anilines is 1. The maximum Gasteiger partial charge on any atom is 0.242 e. The molecule has 1 aliphatic heterocycles. The predicted octanol–water partition coefficient (Wildman–Crippen LogP) is 1.64. The minimum absolute atomic E-state index is 0.107. The van der Waals surface area contributed by atoms with Gasteiger partial charge in [0.25, 0.3) is 0 Å². The van der Waals surface area contributed by atoms with Crippen molar-refractivity contribution in [1.29, 1.82) is 0 Å². The highest BCUT2D eigenvalue weighted by Gasteiger charge is 2.24. The van der Waals surface area contributed by atoms with Gasteiger partial charge in [0.1, 0.15) is 17.9 Å². The number of carbonyl (C=O) groups excluding carboxylic acids is 1. The van der Waals surface area contributed by atoms with Gasteiger partial charge in [-0.15, -0.1) is 0 Å². The SMILES string of the molecule is COc1cccc(CN2CCN(c3cc(C)ncn3)CC2=O)c1. The molecule has 0 unspecified atom stereocenters. The topological polar surface area (TPSA) is 58.6 Å². The van der Waals surface area contributed by atoms with Crippen LogP contribution in [0.25, 0.3) is 0 Å². The van der Waals surface area contributed by atoms with Crippen LogP contribution in [0.5, 0.6) is 5.75 Å². The maximum absolute atomic E-state index is 12.4. The van der Waals surface area contributed by atoms with Crippen molar-refractivity contribution >= 4 is 11.7 Å². The van der Waals surface area contributed by atoms with E-state index >= 15 is 0 Å². The Balaban J connectivity index is 1.65. The van der Waals surface area contributed by atoms with Crippen molar-refractivity contribution < 1.29 is 9.53 Å². The summed E-state index contributed by atoms with van der Waals surface area (Å²) in [6.45, 7) is 4.32. The second-order valence-electron chi connectivity index (χ2n) is 5.61. The Bertz CT molecular complexity index is 704. The van der Waals surface area contributed by atoms with Gasteiger partial charge in [-0.1, -0.05) is 12.1 Å². The smallest absolute Gasteiger partial charge is 0.242 e. The van der Waals surface area contributed by atoms with Gasteiger partial charge in [0.2, 0.25) is 5.91 Å². The van der Waals surface area contributed by atoms with E-state index in [0.717, 1.165) is 29.4 Å². The lowest BCUT2D eigenvalue weighted by atomic mass is 10.2. The summed E-state index contributed by atoms with van der Waals surface area (Å²) >= 11 is 0. The van der Waals surface area contributed by atoms with Crippen LogP contribution in [0, 0.1) is 6.92 Å². The molecule has 6 nitrogen and oxygen atoms in total. The van der Waals surface area contributed by atoms with Crippen molar-refractivity contribution in [2.24, 2.45) is 0 Å². The fourth-order valence-corrected chi connectivity index (χ4v) is 2.68. The number of carbonyl (C=O) groups is 1. The lowest BCUT2D eigenvalue weighted by Crippen LogP contribution is -2.50. The Morgan fingerprint density at radius 3 is 2.83 bits per heavy atom. The van der Waals surface area contributed by atoms with E-state index in [1.165, 1.54) is 6.33 Å². The van der Waals surface area contributed by atoms with Gasteiger partial charge in [0.15, 0.2) is 0 Å². The number of benzene rings is 1. The number of hydrogen-bond acceptors (Lipinski definition) is 5. The Morgan fingerprint density at radius 1 is 1.22 bits per heavy atom. The van der Waals surface area contributed by atoms with E-state index in [-0.39, 0.29) is 5.91 Å². The number of ether oxygens (including phenoxy) is 1. The fraction of sp³-hybridized carbons (Fsp3) is 0.353. The number of nitrogens with zero attached hydrogens (tertiary/aromatic N) is 4. The molecule has 1 aliphatic rings. The van der Waals surface area contributed by atoms with Crippen molar-refractivity contribution in [2.45, 2.75) is 13.5 Å². The molecule has 3 rings (SSSR count). The van der Waals surface area contributed by atoms with Gasteiger partial charge in [0, 0.05) is 31.4 Å². The quantitative estimate of drug-likeness (QED) is 0.859. The summed E-state index contributed by atoms with van der Waals surface area (Å²) in [5.74, 6) is 1.73. The van der Waals surface area contributed by atoms with E-state index < -0.39 is 0 Å². The lowest BCUT2D eigenvalue weighted by Gasteiger charge is -2.35. The van der Waals surface area contributed by atoms with E-state index in [4.69, 9.17) is 4.74 Å². The summed E-state index contributed by atoms with van der Waals surface area (Å²) in [5, 5.41) is 0. The maximum atomic E-state index is 12.4. The molecule has 1 aromatic carbocycles. The zero-order chi connectivity index (χ0) is 16.2. The number of hydrogen-bond donors (Lipinski definition) is 0. The Hall–Kier alpha value is -2.63. The molecule has 0 saturated carbocycles. The third-order valence-electron chi connectivity index (χ3n) is 3.94. The van der Waals surface area contributed by atoms with E-state index in [2.05, 4.69) is 9.97 Å². The van der Waals surface area contributed by atoms with Crippen molar-refractivity contribution in [3.63, 3.8) is 0 Å². The molecule has 1 aromatic heterocycles. The van der Waals surface area contributed by atoms with Crippen LogP contribution >= 0.6 is 0 Å². The molecule has 6 heteroatoms. The summed E-state index contributed by atoms with van der Waals surface area (Å²) in [5.41, 5.74) is 1.98. The zero-order valence-electron chi connectivity index (χ0n) is 13.4. The molecule has 0 bridgehead atoms. The normalized spacial score (nSPS) is 15.0. The van der Waals surface area contributed by atoms with E-state index in [9.17, 15) is 4.79 Å². The number of aryl methyl sites for hydroxylation is 1. The monoisotopic (exact) mass is 312 g/mol. The van der Waals surface area contributed by atoms with Crippen LogP contribution in [0.1, 0.15) is 11.3 Å². The minimum atomic E-state index is 0.107. The summed E-state index contributed by atoms with van der Waals surface area (Å²) in [6, 6.07) is 9.73. The number of amides is 1. The number of aromatic nitrogens is 2. The average Bonchev–Trinajstić information content (AvgIpc) is 2.57. The van der Waals surface area contributed by atoms with E-state index in [0.29, 0.717) is 19.6 Å². The summed E-state index contributed by atoms with van der Waals surface area (Å²) < 4.78 is 5.23. The van der Waals surface area contributed by atoms with Gasteiger partial charge in [-0.2, -0.15) is 0 Å². The lowest BCUT2D eigenvalue weighted by molar-refractivity contribution is -0.131. The first-order valence-corrected chi connectivity index (χ1v) is 7.60. The van der Waals surface area contributed by atoms with Crippen LogP contribution < -0.4 is 9.64 Å². The molecule has 120 valence electrons. The van der Waals surface area contributed by atoms with Gasteiger partial charge in [-0.25, -0.2) is 9.97 Å². The molecule has 1 saturated heterocycles. The molecule has 1 fully saturated rings. The second-order valence-corrected chi connectivity index (χ2v) is 5.61. The van der Waals surface area contributed by atoms with Gasteiger partial charge in [0.05, 0.1) is 13.7 Å². The van der Waals surface area contributed by atoms with Crippen LogP contribution in [-0.2, 0) is 11.3 Å². The van der Waals surface area contributed by atoms with Crippen LogP contribution in [-0.4, -0.2) is 47.5 Å². The Kier molecular flexibility index (Phi) is 4.41. The van der Waals surface area contributed by atoms with Crippen molar-refractivity contribution in [1.82, 2.24) is 14.9 Å². The van der Waals surface area contributed by atoms with Gasteiger partial charge in [-0.3, -0.25) is 4.79 Å². The zero-order valence-corrected chi connectivity index (χ0v) is 13.4. The van der Waals surface area contributed by atoms with Gasteiger partial charge >= 0.3 is 0 Å². The molecule has 0 spiro atoms. The molecule has 1 amide bonds. The highest BCUT2D eigenvalue weighted by molar-refractivity contribution is 5.82. The van der Waals surface area contributed by atoms with Crippen LogP contribution in [0.3, 0.4) is 0 Å². The Morgan fingerprint density at radius 2 is 2.09 bits per heavy atom. The minimum Gasteiger partial charge on any atom is -0.497 e. The van der Waals surface area contributed by atoms with Crippen LogP contribution in [0.2, 0.25) is 0 Å². The van der Waals surface area contributed by atoms with Crippen LogP contribution in [0.15, 0.2) is 36.7 Å². The van der Waals surface area contributed by atoms with E-state index in [1.54, 1.807) is 7.11 Å². The Labute approximate surface area is 135 Å². The number of rotatable bonds is 4. The average molecular weight is 312 g/mol. The molecule has 0 N–H and O–H groups in total. The van der Waals surface area contributed by atoms with Gasteiger partial charge in [-0.05, 0) is 24.6 Å². The first-order valence-electron chi connectivity index (χ1n) is 7.60. The summed E-state index contributed by atoms with van der Waals surface area (Å²) in [6.07, 6.45) is 1.54. The highest BCUT2D eigenvalue weighted by atomic mass is 16.5. The molecule has 0 atom stereocenters. The van der Waals surface area contributed by atoms with Gasteiger partial charge < -0.3 is 14.5 Å². The molecular weight excluding hydrogens is 292 g/mol. The first kappa shape index (κ1) is 15.3. The number of methoxy groups -OCH3 is 1. The summed E-state index contributed by atoms with van der Waals surface area (Å²) in [7, 11) is 1.65. The fourth-order valence-electron chi connectivity index (χ4n) is 2.68. The second kappa shape index (κ2) is 6.64. The van der Waals surface area contributed by atoms with Crippen molar-refractivity contribution in [2.75, 3.05) is 31.6 Å². The predicted molar refractivity (Wildman–Crippen MR) is 87.4 cm³/mol. The third-order valence-corrected chi connectivity index (χ3v) is 3.94. The molecular formula is C17H20N4O2. The van der Waals surface area contributed by atoms with E-state index in [1.807, 2.05) is 47.1 Å². The molecule has 0 radical (unpaired) electrons. The molecule has 2 heterocycles. The molecule has 0 aliphatic carbocycles. The molecule has 2 aromatic rings. The largest absolute Gasteiger partial charge is 0.497 e. The van der Waals surface area contributed by atoms with Crippen molar-refractivity contribution in [3.8, 4) is 5.75 Å². The van der Waals surface area contributed by atoms with Crippen molar-refractivity contribution in [3.05, 3.63) is 47.9 Å². The number of piperazine rings is 1. The molecule has 23 heavy (non-hydrogen) atoms. The first-order chi connectivity index (χ1) is 11.2.